The van der Waals surface area contributed by atoms with Gasteiger partial charge in [-0.3, -0.25) is 9.59 Å². The zero-order valence-corrected chi connectivity index (χ0v) is 22.4. The Kier molecular flexibility index (Phi) is 9.70. The van der Waals surface area contributed by atoms with Crippen molar-refractivity contribution in [2.45, 2.75) is 31.7 Å². The molecule has 5 N–H and O–H groups in total. The lowest BCUT2D eigenvalue weighted by atomic mass is 10.0. The van der Waals surface area contributed by atoms with Crippen molar-refractivity contribution in [1.29, 1.82) is 0 Å². The Hall–Kier alpha value is -2.76. The number of carbonyl (C=O) groups is 2. The number of hydrogen-bond donors (Lipinski definition) is 3. The van der Waals surface area contributed by atoms with Crippen LogP contribution in [-0.2, 0) is 11.2 Å². The number of piperidine rings is 1. The van der Waals surface area contributed by atoms with E-state index in [1.54, 1.807) is 0 Å². The molecule has 10 nitrogen and oxygen atoms in total. The Morgan fingerprint density at radius 2 is 1.86 bits per heavy atom. The number of halogens is 1. The van der Waals surface area contributed by atoms with Gasteiger partial charge in [0.25, 0.3) is 11.8 Å². The van der Waals surface area contributed by atoms with E-state index in [2.05, 4.69) is 32.3 Å². The summed E-state index contributed by atoms with van der Waals surface area (Å²) in [6, 6.07) is 7.97. The number of aryl methyl sites for hydroxylation is 1. The number of carbonyl (C=O) groups excluding carboxylic acids is 2. The van der Waals surface area contributed by atoms with Crippen molar-refractivity contribution in [1.82, 2.24) is 25.1 Å². The number of nitrogens with zero attached hydrogens (tertiary/aromatic N) is 4. The summed E-state index contributed by atoms with van der Waals surface area (Å²) < 4.78 is 5.70. The molecular weight excluding hydrogens is 514 g/mol. The van der Waals surface area contributed by atoms with Gasteiger partial charge >= 0.3 is 0 Å². The molecule has 1 aromatic carbocycles. The van der Waals surface area contributed by atoms with Crippen LogP contribution in [0.3, 0.4) is 0 Å². The fourth-order valence-electron chi connectivity index (χ4n) is 4.55. The lowest BCUT2D eigenvalue weighted by molar-refractivity contribution is -0.133. The summed E-state index contributed by atoms with van der Waals surface area (Å²) in [6.45, 7) is 4.38. The van der Waals surface area contributed by atoms with E-state index < -0.39 is 5.91 Å². The van der Waals surface area contributed by atoms with Crippen LogP contribution in [0.15, 0.2) is 24.3 Å². The largest absolute Gasteiger partial charge is 0.484 e. The molecule has 2 aliphatic rings. The van der Waals surface area contributed by atoms with Gasteiger partial charge in [-0.1, -0.05) is 23.7 Å². The van der Waals surface area contributed by atoms with E-state index in [9.17, 15) is 9.59 Å². The van der Waals surface area contributed by atoms with E-state index >= 15 is 0 Å². The second-order valence-corrected chi connectivity index (χ2v) is 10.9. The zero-order chi connectivity index (χ0) is 26.2. The van der Waals surface area contributed by atoms with E-state index in [0.717, 1.165) is 69.9 Å². The van der Waals surface area contributed by atoms with Crippen LogP contribution in [0.5, 0.6) is 5.75 Å². The smallest absolute Gasteiger partial charge is 0.274 e. The highest BCUT2D eigenvalue weighted by molar-refractivity contribution is 7.99. The number of rotatable bonds is 9. The van der Waals surface area contributed by atoms with E-state index in [0.29, 0.717) is 5.75 Å². The van der Waals surface area contributed by atoms with Gasteiger partial charge in [-0.25, -0.2) is 9.97 Å². The van der Waals surface area contributed by atoms with Crippen LogP contribution in [0.4, 0.5) is 11.6 Å². The molecule has 0 radical (unpaired) electrons. The molecule has 0 aliphatic carbocycles. The number of ether oxygens (including phenoxy) is 1. The number of amides is 2. The van der Waals surface area contributed by atoms with E-state index in [1.165, 1.54) is 5.56 Å². The summed E-state index contributed by atoms with van der Waals surface area (Å²) in [7, 11) is 0. The van der Waals surface area contributed by atoms with Gasteiger partial charge in [0.2, 0.25) is 0 Å². The molecule has 37 heavy (non-hydrogen) atoms. The molecule has 0 saturated carbocycles. The molecule has 3 heterocycles. The maximum Gasteiger partial charge on any atom is 0.274 e. The Morgan fingerprint density at radius 3 is 2.62 bits per heavy atom. The number of aromatic nitrogens is 2. The number of anilines is 2. The van der Waals surface area contributed by atoms with E-state index in [-0.39, 0.29) is 41.0 Å². The summed E-state index contributed by atoms with van der Waals surface area (Å²) in [5.41, 5.74) is 12.6. The quantitative estimate of drug-likeness (QED) is 0.430. The highest BCUT2D eigenvalue weighted by atomic mass is 35.5. The molecule has 12 heteroatoms. The molecule has 1 aromatic heterocycles. The molecular formula is C25H34ClN7O3S. The van der Waals surface area contributed by atoms with Gasteiger partial charge in [-0.05, 0) is 56.5 Å². The lowest BCUT2D eigenvalue weighted by Gasteiger charge is -2.33. The van der Waals surface area contributed by atoms with Crippen LogP contribution in [0.1, 0.15) is 35.3 Å². The monoisotopic (exact) mass is 547 g/mol. The molecule has 0 spiro atoms. The average molecular weight is 548 g/mol. The summed E-state index contributed by atoms with van der Waals surface area (Å²) in [5.74, 6) is 2.34. The van der Waals surface area contributed by atoms with Gasteiger partial charge in [0.1, 0.15) is 5.75 Å². The van der Waals surface area contributed by atoms with Crippen molar-refractivity contribution in [3.05, 3.63) is 40.7 Å². The summed E-state index contributed by atoms with van der Waals surface area (Å²) >= 11 is 7.78. The highest BCUT2D eigenvalue weighted by Gasteiger charge is 2.24. The van der Waals surface area contributed by atoms with Crippen molar-refractivity contribution in [2.24, 2.45) is 0 Å². The second kappa shape index (κ2) is 13.2. The molecule has 0 bridgehead atoms. The first-order chi connectivity index (χ1) is 17.9. The van der Waals surface area contributed by atoms with Crippen LogP contribution in [0, 0.1) is 0 Å². The molecule has 200 valence electrons. The van der Waals surface area contributed by atoms with Crippen LogP contribution in [-0.4, -0.2) is 88.5 Å². The lowest BCUT2D eigenvalue weighted by Crippen LogP contribution is -2.48. The minimum Gasteiger partial charge on any atom is -0.484 e. The Balaban J connectivity index is 1.17. The third-order valence-corrected chi connectivity index (χ3v) is 7.77. The van der Waals surface area contributed by atoms with Gasteiger partial charge in [0.15, 0.2) is 29.1 Å². The Bertz CT molecular complexity index is 1080. The van der Waals surface area contributed by atoms with E-state index in [1.807, 2.05) is 28.8 Å². The third kappa shape index (κ3) is 7.86. The number of nitrogen functional groups attached to an aromatic ring is 2. The molecule has 1 atom stereocenters. The fraction of sp³-hybridized carbons (Fsp3) is 0.520. The minimum absolute atomic E-state index is 0.00119. The van der Waals surface area contributed by atoms with Crippen LogP contribution in [0.25, 0.3) is 0 Å². The predicted octanol–water partition coefficient (Wildman–Crippen LogP) is 2.08. The average Bonchev–Trinajstić information content (AvgIpc) is 2.91. The van der Waals surface area contributed by atoms with Gasteiger partial charge in [-0.2, -0.15) is 11.8 Å². The number of likely N-dealkylation sites (tertiary alicyclic amines) is 1. The number of thioether (sulfide) groups is 1. The first kappa shape index (κ1) is 27.3. The standard InChI is InChI=1S/C25H34ClN7O3S/c26-22-24(28)31-23(27)21(30-22)25(35)29-18-4-2-10-32(15-18)9-1-3-17-5-7-19(8-6-17)36-16-20(34)33-11-13-37-14-12-33/h5-8,18H,1-4,9-16H2,(H,29,35)(H4,27,28,31). The Labute approximate surface area is 226 Å². The zero-order valence-electron chi connectivity index (χ0n) is 20.8. The number of nitrogens with two attached hydrogens (primary N) is 2. The van der Waals surface area contributed by atoms with Crippen molar-refractivity contribution >= 4 is 46.8 Å². The molecule has 4 rings (SSSR count). The fourth-order valence-corrected chi connectivity index (χ4v) is 5.58. The third-order valence-electron chi connectivity index (χ3n) is 6.55. The van der Waals surface area contributed by atoms with Crippen molar-refractivity contribution < 1.29 is 14.3 Å². The molecule has 2 fully saturated rings. The normalized spacial score (nSPS) is 18.4. The predicted molar refractivity (Wildman–Crippen MR) is 147 cm³/mol. The molecule has 2 aromatic rings. The molecule has 2 aliphatic heterocycles. The maximum absolute atomic E-state index is 12.7. The first-order valence-corrected chi connectivity index (χ1v) is 14.1. The van der Waals surface area contributed by atoms with Crippen LogP contribution >= 0.6 is 23.4 Å². The summed E-state index contributed by atoms with van der Waals surface area (Å²) in [6.07, 6.45) is 3.82. The number of nitrogens with one attached hydrogen (secondary N) is 1. The van der Waals surface area contributed by atoms with Gasteiger partial charge < -0.3 is 31.3 Å². The van der Waals surface area contributed by atoms with Crippen molar-refractivity contribution in [3.8, 4) is 5.75 Å². The molecule has 2 amide bonds. The van der Waals surface area contributed by atoms with Crippen LogP contribution < -0.4 is 21.5 Å². The van der Waals surface area contributed by atoms with Crippen LogP contribution in [0.2, 0.25) is 5.15 Å². The van der Waals surface area contributed by atoms with Crippen molar-refractivity contribution in [2.75, 3.05) is 62.3 Å². The second-order valence-electron chi connectivity index (χ2n) is 9.28. The summed E-state index contributed by atoms with van der Waals surface area (Å²) in [5, 5.41) is 2.97. The van der Waals surface area contributed by atoms with Crippen molar-refractivity contribution in [3.63, 3.8) is 0 Å². The topological polar surface area (TPSA) is 140 Å². The maximum atomic E-state index is 12.7. The van der Waals surface area contributed by atoms with Gasteiger partial charge in [0.05, 0.1) is 0 Å². The SMILES string of the molecule is Nc1nc(N)c(C(=O)NC2CCCN(CCCc3ccc(OCC(=O)N4CCSCC4)cc3)C2)nc1Cl. The van der Waals surface area contributed by atoms with Gasteiger partial charge in [-0.15, -0.1) is 0 Å². The molecule has 1 unspecified atom stereocenters. The minimum atomic E-state index is -0.391. The first-order valence-electron chi connectivity index (χ1n) is 12.6. The highest BCUT2D eigenvalue weighted by Crippen LogP contribution is 2.19. The number of hydrogen-bond acceptors (Lipinski definition) is 9. The Morgan fingerprint density at radius 1 is 1.11 bits per heavy atom. The summed E-state index contributed by atoms with van der Waals surface area (Å²) in [4.78, 5) is 37.0. The van der Waals surface area contributed by atoms with Gasteiger partial charge in [0, 0.05) is 37.2 Å². The number of benzene rings is 1. The van der Waals surface area contributed by atoms with E-state index in [4.69, 9.17) is 27.8 Å². The molecule has 2 saturated heterocycles.